The molecule has 140 valence electrons. The van der Waals surface area contributed by atoms with Gasteiger partial charge in [0.15, 0.2) is 11.4 Å². The summed E-state index contributed by atoms with van der Waals surface area (Å²) in [5.41, 5.74) is -0.332. The molecule has 0 atom stereocenters. The van der Waals surface area contributed by atoms with Gasteiger partial charge in [-0.15, -0.1) is 0 Å². The lowest BCUT2D eigenvalue weighted by atomic mass is 10.2. The van der Waals surface area contributed by atoms with Crippen LogP contribution in [0.5, 0.6) is 11.6 Å². The Morgan fingerprint density at radius 1 is 1.15 bits per heavy atom. The average molecular weight is 378 g/mol. The zero-order valence-corrected chi connectivity index (χ0v) is 14.2. The Labute approximate surface area is 151 Å². The summed E-state index contributed by atoms with van der Waals surface area (Å²) in [7, 11) is 2.90. The first-order valence-electron chi connectivity index (χ1n) is 7.58. The number of halogens is 3. The predicted octanol–water partition coefficient (Wildman–Crippen LogP) is 3.47. The summed E-state index contributed by atoms with van der Waals surface area (Å²) in [5, 5.41) is 4.19. The fraction of sp³-hybridized carbons (Fsp3) is 0.176. The molecule has 1 aromatic carbocycles. The van der Waals surface area contributed by atoms with Gasteiger partial charge in [-0.2, -0.15) is 18.3 Å². The van der Waals surface area contributed by atoms with E-state index in [2.05, 4.69) is 19.8 Å². The molecular formula is C17H13F3N4O3. The summed E-state index contributed by atoms with van der Waals surface area (Å²) in [6.45, 7) is 0. The molecule has 27 heavy (non-hydrogen) atoms. The smallest absolute Gasteiger partial charge is 0.416 e. The van der Waals surface area contributed by atoms with Gasteiger partial charge in [-0.05, 0) is 30.3 Å². The van der Waals surface area contributed by atoms with E-state index >= 15 is 0 Å². The van der Waals surface area contributed by atoms with Crippen molar-refractivity contribution in [3.05, 3.63) is 54.0 Å². The van der Waals surface area contributed by atoms with Crippen LogP contribution in [-0.2, 0) is 18.0 Å². The molecule has 3 rings (SSSR count). The first kappa shape index (κ1) is 18.4. The Balaban J connectivity index is 1.98. The van der Waals surface area contributed by atoms with Gasteiger partial charge in [-0.3, -0.25) is 4.68 Å². The Morgan fingerprint density at radius 3 is 2.41 bits per heavy atom. The maximum Gasteiger partial charge on any atom is 0.416 e. The van der Waals surface area contributed by atoms with Gasteiger partial charge in [0, 0.05) is 13.2 Å². The SMILES string of the molecule is COC(=O)c1cnc(Oc2ccc(C(F)(F)F)cc2)c(-c2ccn(C)n2)n1. The number of aromatic nitrogens is 4. The fourth-order valence-electron chi connectivity index (χ4n) is 2.19. The highest BCUT2D eigenvalue weighted by Gasteiger charge is 2.30. The number of hydrogen-bond donors (Lipinski definition) is 0. The lowest BCUT2D eigenvalue weighted by molar-refractivity contribution is -0.137. The number of carbonyl (C=O) groups is 1. The molecule has 0 saturated heterocycles. The molecule has 0 bridgehead atoms. The molecule has 0 aliphatic heterocycles. The van der Waals surface area contributed by atoms with Crippen molar-refractivity contribution in [2.45, 2.75) is 6.18 Å². The van der Waals surface area contributed by atoms with Crippen LogP contribution in [0, 0.1) is 0 Å². The molecule has 10 heteroatoms. The molecule has 0 amide bonds. The largest absolute Gasteiger partial charge is 0.464 e. The van der Waals surface area contributed by atoms with Gasteiger partial charge in [-0.1, -0.05) is 0 Å². The number of hydrogen-bond acceptors (Lipinski definition) is 6. The maximum atomic E-state index is 12.7. The fourth-order valence-corrected chi connectivity index (χ4v) is 2.19. The lowest BCUT2D eigenvalue weighted by Gasteiger charge is -2.11. The van der Waals surface area contributed by atoms with Crippen LogP contribution in [0.15, 0.2) is 42.7 Å². The Kier molecular flexibility index (Phi) is 4.80. The zero-order chi connectivity index (χ0) is 19.6. The first-order chi connectivity index (χ1) is 12.8. The van der Waals surface area contributed by atoms with E-state index in [9.17, 15) is 18.0 Å². The van der Waals surface area contributed by atoms with E-state index in [-0.39, 0.29) is 23.0 Å². The third-order valence-corrected chi connectivity index (χ3v) is 3.49. The van der Waals surface area contributed by atoms with E-state index in [1.807, 2.05) is 0 Å². The normalized spacial score (nSPS) is 11.3. The molecule has 2 heterocycles. The Hall–Kier alpha value is -3.43. The lowest BCUT2D eigenvalue weighted by Crippen LogP contribution is -2.07. The molecule has 0 saturated carbocycles. The van der Waals surface area contributed by atoms with Gasteiger partial charge >= 0.3 is 12.1 Å². The number of aryl methyl sites for hydroxylation is 1. The number of rotatable bonds is 4. The Bertz CT molecular complexity index is 968. The summed E-state index contributed by atoms with van der Waals surface area (Å²) < 4.78 is 49.7. The standard InChI is InChI=1S/C17H13F3N4O3/c1-24-8-7-12(23-24)14-15(21-9-13(22-14)16(25)26-2)27-11-5-3-10(4-6-11)17(18,19)20/h3-9H,1-2H3. The van der Waals surface area contributed by atoms with Crippen LogP contribution in [0.25, 0.3) is 11.4 Å². The zero-order valence-electron chi connectivity index (χ0n) is 14.2. The van der Waals surface area contributed by atoms with E-state index in [0.29, 0.717) is 5.69 Å². The highest BCUT2D eigenvalue weighted by molar-refractivity contribution is 5.87. The van der Waals surface area contributed by atoms with E-state index < -0.39 is 17.7 Å². The topological polar surface area (TPSA) is 79.1 Å². The van der Waals surface area contributed by atoms with Crippen molar-refractivity contribution in [2.24, 2.45) is 7.05 Å². The van der Waals surface area contributed by atoms with Gasteiger partial charge in [-0.25, -0.2) is 14.8 Å². The molecule has 0 N–H and O–H groups in total. The molecule has 0 fully saturated rings. The maximum absolute atomic E-state index is 12.7. The quantitative estimate of drug-likeness (QED) is 0.647. The van der Waals surface area contributed by atoms with Crippen molar-refractivity contribution in [3.63, 3.8) is 0 Å². The van der Waals surface area contributed by atoms with Crippen molar-refractivity contribution >= 4 is 5.97 Å². The molecular weight excluding hydrogens is 365 g/mol. The van der Waals surface area contributed by atoms with E-state index in [1.54, 1.807) is 19.3 Å². The van der Waals surface area contributed by atoms with Crippen LogP contribution in [-0.4, -0.2) is 32.8 Å². The second kappa shape index (κ2) is 7.06. The molecule has 0 radical (unpaired) electrons. The van der Waals surface area contributed by atoms with Crippen molar-refractivity contribution < 1.29 is 27.4 Å². The van der Waals surface area contributed by atoms with Crippen LogP contribution in [0.3, 0.4) is 0 Å². The molecule has 0 aliphatic rings. The summed E-state index contributed by atoms with van der Waals surface area (Å²) in [6, 6.07) is 5.75. The van der Waals surface area contributed by atoms with Gasteiger partial charge in [0.05, 0.1) is 18.9 Å². The number of esters is 1. The third kappa shape index (κ3) is 4.05. The molecule has 2 aromatic heterocycles. The number of nitrogens with zero attached hydrogens (tertiary/aromatic N) is 4. The van der Waals surface area contributed by atoms with E-state index in [4.69, 9.17) is 4.74 Å². The molecule has 0 unspecified atom stereocenters. The summed E-state index contributed by atoms with van der Waals surface area (Å²) in [4.78, 5) is 19.9. The van der Waals surface area contributed by atoms with Crippen LogP contribution < -0.4 is 4.74 Å². The van der Waals surface area contributed by atoms with E-state index in [0.717, 1.165) is 18.3 Å². The molecule has 0 spiro atoms. The highest BCUT2D eigenvalue weighted by atomic mass is 19.4. The van der Waals surface area contributed by atoms with Crippen molar-refractivity contribution in [1.29, 1.82) is 0 Å². The minimum Gasteiger partial charge on any atom is -0.464 e. The minimum absolute atomic E-state index is 0.0129. The second-order valence-corrected chi connectivity index (χ2v) is 5.40. The van der Waals surface area contributed by atoms with Gasteiger partial charge < -0.3 is 9.47 Å². The first-order valence-corrected chi connectivity index (χ1v) is 7.58. The minimum atomic E-state index is -4.44. The van der Waals surface area contributed by atoms with Crippen LogP contribution in [0.1, 0.15) is 16.1 Å². The van der Waals surface area contributed by atoms with Crippen molar-refractivity contribution in [3.8, 4) is 23.0 Å². The molecule has 7 nitrogen and oxygen atoms in total. The monoisotopic (exact) mass is 378 g/mol. The summed E-state index contributed by atoms with van der Waals surface area (Å²) in [5.74, 6) is -0.581. The van der Waals surface area contributed by atoms with Gasteiger partial charge in [0.25, 0.3) is 0 Å². The van der Waals surface area contributed by atoms with Crippen LogP contribution >= 0.6 is 0 Å². The van der Waals surface area contributed by atoms with Gasteiger partial charge in [0.1, 0.15) is 11.4 Å². The number of benzene rings is 1. The number of alkyl halides is 3. The number of methoxy groups -OCH3 is 1. The Morgan fingerprint density at radius 2 is 1.85 bits per heavy atom. The van der Waals surface area contributed by atoms with Crippen molar-refractivity contribution in [2.75, 3.05) is 7.11 Å². The predicted molar refractivity (Wildman–Crippen MR) is 87.1 cm³/mol. The summed E-state index contributed by atoms with van der Waals surface area (Å²) in [6.07, 6.45) is -1.64. The second-order valence-electron chi connectivity index (χ2n) is 5.40. The molecule has 3 aromatic rings. The average Bonchev–Trinajstić information content (AvgIpc) is 3.07. The van der Waals surface area contributed by atoms with Crippen molar-refractivity contribution in [1.82, 2.24) is 19.7 Å². The van der Waals surface area contributed by atoms with Gasteiger partial charge in [0.2, 0.25) is 5.88 Å². The number of carbonyl (C=O) groups excluding carboxylic acids is 1. The highest BCUT2D eigenvalue weighted by Crippen LogP contribution is 2.33. The molecule has 0 aliphatic carbocycles. The summed E-state index contributed by atoms with van der Waals surface area (Å²) >= 11 is 0. The third-order valence-electron chi connectivity index (χ3n) is 3.49. The van der Waals surface area contributed by atoms with Crippen LogP contribution in [0.4, 0.5) is 13.2 Å². The van der Waals surface area contributed by atoms with E-state index in [1.165, 1.54) is 23.9 Å². The van der Waals surface area contributed by atoms with Crippen LogP contribution in [0.2, 0.25) is 0 Å². The number of ether oxygens (including phenoxy) is 2.